The van der Waals surface area contributed by atoms with E-state index in [2.05, 4.69) is 13.8 Å². The van der Waals surface area contributed by atoms with Crippen LogP contribution in [0.2, 0.25) is 0 Å². The number of hydrogen-bond acceptors (Lipinski definition) is 5. The van der Waals surface area contributed by atoms with E-state index in [0.717, 1.165) is 25.7 Å². The summed E-state index contributed by atoms with van der Waals surface area (Å²) < 4.78 is 11.0. The molecule has 0 aliphatic carbocycles. The van der Waals surface area contributed by atoms with Gasteiger partial charge < -0.3 is 9.47 Å². The summed E-state index contributed by atoms with van der Waals surface area (Å²) in [5.74, 6) is 0.987. The van der Waals surface area contributed by atoms with E-state index in [-0.39, 0.29) is 11.9 Å². The van der Waals surface area contributed by atoms with Crippen LogP contribution < -0.4 is 0 Å². The molecule has 0 saturated heterocycles. The monoisotopic (exact) mass is 458 g/mol. The summed E-state index contributed by atoms with van der Waals surface area (Å²) in [4.78, 5) is 24.9. The van der Waals surface area contributed by atoms with Gasteiger partial charge in [-0.15, -0.1) is 0 Å². The highest BCUT2D eigenvalue weighted by atomic mass is 32.2. The van der Waals surface area contributed by atoms with Gasteiger partial charge in [-0.3, -0.25) is 9.59 Å². The molecular weight excluding hydrogens is 408 g/mol. The number of rotatable bonds is 20. The van der Waals surface area contributed by atoms with Gasteiger partial charge in [-0.25, -0.2) is 0 Å². The van der Waals surface area contributed by atoms with E-state index < -0.39 is 10.8 Å². The maximum Gasteiger partial charge on any atom is 0.312 e. The minimum Gasteiger partial charge on any atom is -0.465 e. The fourth-order valence-electron chi connectivity index (χ4n) is 3.16. The van der Waals surface area contributed by atoms with Crippen LogP contribution in [-0.2, 0) is 19.1 Å². The maximum atomic E-state index is 12.4. The molecule has 0 saturated carbocycles. The summed E-state index contributed by atoms with van der Waals surface area (Å²) in [7, 11) is 0. The van der Waals surface area contributed by atoms with Gasteiger partial charge in [0.15, 0.2) is 0 Å². The van der Waals surface area contributed by atoms with Crippen LogP contribution in [0.15, 0.2) is 0 Å². The van der Waals surface area contributed by atoms with Gasteiger partial charge in [-0.1, -0.05) is 78.1 Å². The molecule has 0 heterocycles. The van der Waals surface area contributed by atoms with Crippen LogP contribution in [0.3, 0.4) is 0 Å². The third kappa shape index (κ3) is 15.7. The lowest BCUT2D eigenvalue weighted by Crippen LogP contribution is -2.33. The SMILES string of the molecule is CCCCCCCCOC(=O)C(C)(C)CSCC(C)(C)C(=O)OCCCCCCCC. The van der Waals surface area contributed by atoms with Crippen molar-refractivity contribution in [3.63, 3.8) is 0 Å². The van der Waals surface area contributed by atoms with Crippen molar-refractivity contribution < 1.29 is 19.1 Å². The first kappa shape index (κ1) is 30.3. The molecule has 31 heavy (non-hydrogen) atoms. The van der Waals surface area contributed by atoms with E-state index in [1.54, 1.807) is 11.8 Å². The predicted octanol–water partition coefficient (Wildman–Crippen LogP) is 7.58. The van der Waals surface area contributed by atoms with E-state index in [1.807, 2.05) is 27.7 Å². The fourth-order valence-corrected chi connectivity index (χ4v) is 4.52. The molecule has 0 aliphatic heterocycles. The molecule has 5 heteroatoms. The molecule has 4 nitrogen and oxygen atoms in total. The molecule has 0 atom stereocenters. The van der Waals surface area contributed by atoms with Crippen molar-refractivity contribution in [2.24, 2.45) is 10.8 Å². The predicted molar refractivity (Wildman–Crippen MR) is 134 cm³/mol. The molecular formula is C26H50O4S. The molecule has 0 radical (unpaired) electrons. The first-order valence-electron chi connectivity index (χ1n) is 12.6. The zero-order chi connectivity index (χ0) is 23.6. The molecule has 0 aromatic rings. The summed E-state index contributed by atoms with van der Waals surface area (Å²) in [6.45, 7) is 13.1. The van der Waals surface area contributed by atoms with Crippen molar-refractivity contribution in [2.75, 3.05) is 24.7 Å². The van der Waals surface area contributed by atoms with Crippen molar-refractivity contribution in [3.8, 4) is 0 Å². The Morgan fingerprint density at radius 1 is 0.581 bits per heavy atom. The summed E-state index contributed by atoms with van der Waals surface area (Å²) in [5, 5.41) is 0. The zero-order valence-corrected chi connectivity index (χ0v) is 22.2. The lowest BCUT2D eigenvalue weighted by molar-refractivity contribution is -0.153. The summed E-state index contributed by atoms with van der Waals surface area (Å²) in [6, 6.07) is 0. The Morgan fingerprint density at radius 2 is 0.903 bits per heavy atom. The Bertz CT molecular complexity index is 432. The number of carbonyl (C=O) groups excluding carboxylic acids is 2. The molecule has 0 fully saturated rings. The van der Waals surface area contributed by atoms with Crippen LogP contribution in [0.25, 0.3) is 0 Å². The van der Waals surface area contributed by atoms with Crippen LogP contribution in [0, 0.1) is 10.8 Å². The number of unbranched alkanes of at least 4 members (excludes halogenated alkanes) is 10. The lowest BCUT2D eigenvalue weighted by Gasteiger charge is -2.26. The summed E-state index contributed by atoms with van der Waals surface area (Å²) >= 11 is 1.63. The van der Waals surface area contributed by atoms with Gasteiger partial charge in [0.05, 0.1) is 24.0 Å². The summed E-state index contributed by atoms with van der Waals surface area (Å²) in [6.07, 6.45) is 14.2. The Kier molecular flexibility index (Phi) is 17.4. The molecule has 184 valence electrons. The number of ether oxygens (including phenoxy) is 2. The van der Waals surface area contributed by atoms with Crippen LogP contribution in [-0.4, -0.2) is 36.7 Å². The molecule has 0 aliphatic rings. The first-order valence-corrected chi connectivity index (χ1v) is 13.7. The molecule has 0 spiro atoms. The average Bonchev–Trinajstić information content (AvgIpc) is 2.71. The van der Waals surface area contributed by atoms with E-state index in [4.69, 9.17) is 9.47 Å². The van der Waals surface area contributed by atoms with Crippen LogP contribution in [0.4, 0.5) is 0 Å². The highest BCUT2D eigenvalue weighted by molar-refractivity contribution is 7.99. The number of thioether (sulfide) groups is 1. The molecule has 0 rings (SSSR count). The zero-order valence-electron chi connectivity index (χ0n) is 21.4. The third-order valence-corrected chi connectivity index (χ3v) is 7.34. The molecule has 0 bridgehead atoms. The summed E-state index contributed by atoms with van der Waals surface area (Å²) in [5.41, 5.74) is -1.10. The second kappa shape index (κ2) is 17.8. The molecule has 0 aromatic heterocycles. The van der Waals surface area contributed by atoms with Crippen molar-refractivity contribution in [1.82, 2.24) is 0 Å². The van der Waals surface area contributed by atoms with Crippen molar-refractivity contribution in [3.05, 3.63) is 0 Å². The number of esters is 2. The Morgan fingerprint density at radius 3 is 1.26 bits per heavy atom. The van der Waals surface area contributed by atoms with Crippen molar-refractivity contribution in [2.45, 2.75) is 119 Å². The Hall–Kier alpha value is -0.710. The van der Waals surface area contributed by atoms with Crippen LogP contribution >= 0.6 is 11.8 Å². The first-order chi connectivity index (χ1) is 14.7. The highest BCUT2D eigenvalue weighted by Crippen LogP contribution is 2.30. The molecule has 0 N–H and O–H groups in total. The topological polar surface area (TPSA) is 52.6 Å². The largest absolute Gasteiger partial charge is 0.465 e. The molecule has 0 aromatic carbocycles. The minimum absolute atomic E-state index is 0.142. The van der Waals surface area contributed by atoms with Gasteiger partial charge in [-0.05, 0) is 40.5 Å². The van der Waals surface area contributed by atoms with E-state index >= 15 is 0 Å². The van der Waals surface area contributed by atoms with E-state index in [1.165, 1.54) is 51.4 Å². The Labute approximate surface area is 197 Å². The van der Waals surface area contributed by atoms with Gasteiger partial charge in [0.2, 0.25) is 0 Å². The van der Waals surface area contributed by atoms with Crippen molar-refractivity contribution >= 4 is 23.7 Å². The molecule has 0 unspecified atom stereocenters. The van der Waals surface area contributed by atoms with E-state index in [9.17, 15) is 9.59 Å². The third-order valence-electron chi connectivity index (χ3n) is 5.49. The molecule has 0 amide bonds. The highest BCUT2D eigenvalue weighted by Gasteiger charge is 2.33. The average molecular weight is 459 g/mol. The quantitative estimate of drug-likeness (QED) is 0.139. The smallest absolute Gasteiger partial charge is 0.312 e. The van der Waals surface area contributed by atoms with Gasteiger partial charge >= 0.3 is 11.9 Å². The van der Waals surface area contributed by atoms with Crippen LogP contribution in [0.1, 0.15) is 119 Å². The fraction of sp³-hybridized carbons (Fsp3) is 0.923. The number of carbonyl (C=O) groups is 2. The van der Waals surface area contributed by atoms with Crippen LogP contribution in [0.5, 0.6) is 0 Å². The Balaban J connectivity index is 4.03. The lowest BCUT2D eigenvalue weighted by atomic mass is 9.96. The second-order valence-corrected chi connectivity index (χ2v) is 11.1. The van der Waals surface area contributed by atoms with Gasteiger partial charge in [-0.2, -0.15) is 11.8 Å². The van der Waals surface area contributed by atoms with Gasteiger partial charge in [0, 0.05) is 11.5 Å². The van der Waals surface area contributed by atoms with Gasteiger partial charge in [0.25, 0.3) is 0 Å². The number of hydrogen-bond donors (Lipinski definition) is 0. The second-order valence-electron chi connectivity index (χ2n) is 10.1. The van der Waals surface area contributed by atoms with Crippen molar-refractivity contribution in [1.29, 1.82) is 0 Å². The van der Waals surface area contributed by atoms with E-state index in [0.29, 0.717) is 24.7 Å². The maximum absolute atomic E-state index is 12.4. The standard InChI is InChI=1S/C26H50O4S/c1-7-9-11-13-15-17-19-29-23(27)25(3,4)21-31-22-26(5,6)24(28)30-20-18-16-14-12-10-8-2/h7-22H2,1-6H3. The minimum atomic E-state index is -0.550. The van der Waals surface area contributed by atoms with Gasteiger partial charge in [0.1, 0.15) is 0 Å². The normalized spacial score (nSPS) is 12.1.